The fourth-order valence-electron chi connectivity index (χ4n) is 2.76. The molecule has 0 amide bonds. The predicted molar refractivity (Wildman–Crippen MR) is 47.1 cm³/mol. The summed E-state index contributed by atoms with van der Waals surface area (Å²) in [6.45, 7) is 8.78. The molecule has 3 fully saturated rings. The molecule has 0 spiro atoms. The Morgan fingerprint density at radius 2 is 2.09 bits per heavy atom. The minimum Gasteiger partial charge on any atom is -0.324 e. The summed E-state index contributed by atoms with van der Waals surface area (Å²) < 4.78 is 0. The molecule has 0 aromatic rings. The first kappa shape index (κ1) is 7.35. The van der Waals surface area contributed by atoms with Crippen LogP contribution in [0, 0.1) is 17.3 Å². The van der Waals surface area contributed by atoms with Crippen LogP contribution in [0.1, 0.15) is 26.7 Å². The molecule has 3 aliphatic rings. The van der Waals surface area contributed by atoms with E-state index in [1.165, 1.54) is 18.4 Å². The van der Waals surface area contributed by atoms with Crippen LogP contribution in [0.25, 0.3) is 0 Å². The lowest BCUT2D eigenvalue weighted by molar-refractivity contribution is -0.0336. The first-order valence-corrected chi connectivity index (χ1v) is 4.47. The average Bonchev–Trinajstić information content (AvgIpc) is 1.93. The third-order valence-electron chi connectivity index (χ3n) is 3.93. The van der Waals surface area contributed by atoms with Gasteiger partial charge in [0, 0.05) is 6.04 Å². The van der Waals surface area contributed by atoms with Crippen LogP contribution in [-0.4, -0.2) is 6.04 Å². The fourth-order valence-corrected chi connectivity index (χ4v) is 2.76. The monoisotopic (exact) mass is 151 g/mol. The molecule has 2 bridgehead atoms. The fraction of sp³-hybridized carbons (Fsp3) is 0.800. The molecule has 3 saturated carbocycles. The summed E-state index contributed by atoms with van der Waals surface area (Å²) in [5.41, 5.74) is 7.73. The van der Waals surface area contributed by atoms with Crippen LogP contribution < -0.4 is 5.73 Å². The molecule has 2 N–H and O–H groups in total. The minimum absolute atomic E-state index is 0.298. The van der Waals surface area contributed by atoms with Crippen LogP contribution in [0.3, 0.4) is 0 Å². The molecule has 3 rings (SSSR count). The van der Waals surface area contributed by atoms with E-state index in [1.807, 2.05) is 0 Å². The molecule has 3 aliphatic carbocycles. The molecule has 0 saturated heterocycles. The Labute approximate surface area is 68.7 Å². The summed E-state index contributed by atoms with van der Waals surface area (Å²) >= 11 is 0. The second-order valence-electron chi connectivity index (χ2n) is 4.72. The van der Waals surface area contributed by atoms with E-state index in [-0.39, 0.29) is 0 Å². The van der Waals surface area contributed by atoms with Gasteiger partial charge >= 0.3 is 0 Å². The highest BCUT2D eigenvalue weighted by Crippen LogP contribution is 2.60. The Kier molecular flexibility index (Phi) is 1.26. The summed E-state index contributed by atoms with van der Waals surface area (Å²) in [7, 11) is 0. The zero-order valence-corrected chi connectivity index (χ0v) is 7.43. The van der Waals surface area contributed by atoms with Gasteiger partial charge in [-0.25, -0.2) is 0 Å². The van der Waals surface area contributed by atoms with Gasteiger partial charge in [-0.15, -0.1) is 0 Å². The van der Waals surface area contributed by atoms with Gasteiger partial charge in [0.25, 0.3) is 0 Å². The van der Waals surface area contributed by atoms with Crippen LogP contribution >= 0.6 is 0 Å². The normalized spacial score (nSPS) is 46.8. The first-order valence-electron chi connectivity index (χ1n) is 4.47. The Bertz CT molecular complexity index is 205. The van der Waals surface area contributed by atoms with Crippen LogP contribution in [-0.2, 0) is 0 Å². The number of hydrogen-bond donors (Lipinski definition) is 1. The van der Waals surface area contributed by atoms with Gasteiger partial charge in [-0.3, -0.25) is 0 Å². The van der Waals surface area contributed by atoms with Crippen molar-refractivity contribution < 1.29 is 0 Å². The first-order chi connectivity index (χ1) is 5.03. The average molecular weight is 151 g/mol. The SMILES string of the molecule is C=C1[C@H]2C[C@@H](C[C@@H]1N)C2(C)C. The number of nitrogens with two attached hydrogens (primary N) is 1. The Balaban J connectivity index is 2.23. The summed E-state index contributed by atoms with van der Waals surface area (Å²) in [6.07, 6.45) is 2.52. The van der Waals surface area contributed by atoms with Gasteiger partial charge in [-0.2, -0.15) is 0 Å². The van der Waals surface area contributed by atoms with Gasteiger partial charge in [0.15, 0.2) is 0 Å². The van der Waals surface area contributed by atoms with E-state index in [2.05, 4.69) is 20.4 Å². The minimum atomic E-state index is 0.298. The molecule has 62 valence electrons. The lowest BCUT2D eigenvalue weighted by Crippen LogP contribution is -2.55. The maximum atomic E-state index is 5.92. The zero-order chi connectivity index (χ0) is 8.22. The molecule has 0 radical (unpaired) electrons. The molecule has 3 atom stereocenters. The molecule has 1 heteroatoms. The Hall–Kier alpha value is -0.300. The topological polar surface area (TPSA) is 26.0 Å². The van der Waals surface area contributed by atoms with Crippen LogP contribution in [0.15, 0.2) is 12.2 Å². The van der Waals surface area contributed by atoms with Gasteiger partial charge in [0.05, 0.1) is 0 Å². The number of hydrogen-bond acceptors (Lipinski definition) is 1. The lowest BCUT2D eigenvalue weighted by Gasteiger charge is -2.59. The van der Waals surface area contributed by atoms with E-state index >= 15 is 0 Å². The summed E-state index contributed by atoms with van der Waals surface area (Å²) in [4.78, 5) is 0. The van der Waals surface area contributed by atoms with Gasteiger partial charge in [-0.05, 0) is 30.1 Å². The molecule has 0 aromatic heterocycles. The van der Waals surface area contributed by atoms with Gasteiger partial charge in [0.1, 0.15) is 0 Å². The van der Waals surface area contributed by atoms with Crippen LogP contribution in [0.5, 0.6) is 0 Å². The van der Waals surface area contributed by atoms with Crippen molar-refractivity contribution in [2.24, 2.45) is 23.0 Å². The maximum absolute atomic E-state index is 5.92. The highest BCUT2D eigenvalue weighted by molar-refractivity contribution is 5.24. The summed E-state index contributed by atoms with van der Waals surface area (Å²) in [5.74, 6) is 1.59. The third-order valence-corrected chi connectivity index (χ3v) is 3.93. The van der Waals surface area contributed by atoms with E-state index in [1.54, 1.807) is 0 Å². The van der Waals surface area contributed by atoms with E-state index in [0.717, 1.165) is 11.8 Å². The lowest BCUT2D eigenvalue weighted by atomic mass is 9.46. The second-order valence-corrected chi connectivity index (χ2v) is 4.72. The zero-order valence-electron chi connectivity index (χ0n) is 7.43. The van der Waals surface area contributed by atoms with Crippen molar-refractivity contribution in [3.8, 4) is 0 Å². The van der Waals surface area contributed by atoms with Crippen molar-refractivity contribution in [3.05, 3.63) is 12.2 Å². The molecule has 11 heavy (non-hydrogen) atoms. The number of fused-ring (bicyclic) bond motifs is 2. The predicted octanol–water partition coefficient (Wildman–Crippen LogP) is 1.94. The molecule has 0 heterocycles. The van der Waals surface area contributed by atoms with E-state index in [9.17, 15) is 0 Å². The van der Waals surface area contributed by atoms with Gasteiger partial charge in [0.2, 0.25) is 0 Å². The van der Waals surface area contributed by atoms with Crippen molar-refractivity contribution >= 4 is 0 Å². The quantitative estimate of drug-likeness (QED) is 0.526. The van der Waals surface area contributed by atoms with Crippen molar-refractivity contribution in [1.82, 2.24) is 0 Å². The number of rotatable bonds is 0. The highest BCUT2D eigenvalue weighted by Gasteiger charge is 2.53. The maximum Gasteiger partial charge on any atom is 0.0256 e. The summed E-state index contributed by atoms with van der Waals surface area (Å²) in [6, 6.07) is 0.298. The van der Waals surface area contributed by atoms with E-state index < -0.39 is 0 Å². The molecule has 0 aromatic carbocycles. The standard InChI is InChI=1S/C10H17N/c1-6-8-4-7(5-9(6)11)10(8,2)3/h7-9H,1,4-5,11H2,2-3H3/t7-,8+,9-/m0/s1. The molecule has 1 nitrogen and oxygen atoms in total. The summed E-state index contributed by atoms with van der Waals surface area (Å²) in [5, 5.41) is 0. The van der Waals surface area contributed by atoms with Crippen LogP contribution in [0.4, 0.5) is 0 Å². The van der Waals surface area contributed by atoms with Gasteiger partial charge < -0.3 is 5.73 Å². The molecule has 0 aliphatic heterocycles. The van der Waals surface area contributed by atoms with Gasteiger partial charge in [-0.1, -0.05) is 26.0 Å². The highest BCUT2D eigenvalue weighted by atomic mass is 14.7. The smallest absolute Gasteiger partial charge is 0.0256 e. The molecular weight excluding hydrogens is 134 g/mol. The molecular formula is C10H17N. The van der Waals surface area contributed by atoms with E-state index in [0.29, 0.717) is 11.5 Å². The van der Waals surface area contributed by atoms with Crippen molar-refractivity contribution in [3.63, 3.8) is 0 Å². The largest absolute Gasteiger partial charge is 0.324 e. The van der Waals surface area contributed by atoms with Crippen molar-refractivity contribution in [1.29, 1.82) is 0 Å². The van der Waals surface area contributed by atoms with E-state index in [4.69, 9.17) is 5.73 Å². The second kappa shape index (κ2) is 1.89. The Morgan fingerprint density at radius 3 is 2.45 bits per heavy atom. The van der Waals surface area contributed by atoms with Crippen molar-refractivity contribution in [2.75, 3.05) is 0 Å². The Morgan fingerprint density at radius 1 is 1.45 bits per heavy atom. The molecule has 0 unspecified atom stereocenters. The van der Waals surface area contributed by atoms with Crippen molar-refractivity contribution in [2.45, 2.75) is 32.7 Å². The third kappa shape index (κ3) is 0.750. The van der Waals surface area contributed by atoms with Crippen LogP contribution in [0.2, 0.25) is 0 Å².